The minimum atomic E-state index is -0.226. The minimum Gasteiger partial charge on any atom is -0.393 e. The molecule has 104 valence electrons. The average molecular weight is 336 g/mol. The standard InChI is InChI=1S/C15H24BrClO/c1-10-7-11(18)8-13(2,3)15(10)6-5-14(4,17)12(16)9-15/h11-12,18H,1,5-9H2,2-4H3/t11-,12+,14+,15+/m1/s1. The van der Waals surface area contributed by atoms with Crippen LogP contribution >= 0.6 is 27.5 Å². The first-order valence-corrected chi connectivity index (χ1v) is 8.09. The fourth-order valence-electron chi connectivity index (χ4n) is 3.99. The van der Waals surface area contributed by atoms with E-state index in [9.17, 15) is 5.11 Å². The van der Waals surface area contributed by atoms with Gasteiger partial charge in [0.25, 0.3) is 0 Å². The Morgan fingerprint density at radius 1 is 1.28 bits per heavy atom. The third-order valence-corrected chi connectivity index (χ3v) is 7.47. The van der Waals surface area contributed by atoms with Crippen LogP contribution in [0, 0.1) is 10.8 Å². The summed E-state index contributed by atoms with van der Waals surface area (Å²) in [5.41, 5.74) is 1.46. The van der Waals surface area contributed by atoms with Gasteiger partial charge in [-0.2, -0.15) is 0 Å². The number of hydrogen-bond donors (Lipinski definition) is 1. The molecule has 18 heavy (non-hydrogen) atoms. The third kappa shape index (κ3) is 2.19. The maximum atomic E-state index is 10.00. The summed E-state index contributed by atoms with van der Waals surface area (Å²) in [5, 5.41) is 10.00. The Morgan fingerprint density at radius 3 is 2.39 bits per heavy atom. The quantitative estimate of drug-likeness (QED) is 0.504. The third-order valence-electron chi connectivity index (χ3n) is 5.42. The molecule has 3 heteroatoms. The lowest BCUT2D eigenvalue weighted by Gasteiger charge is -2.58. The second-order valence-corrected chi connectivity index (χ2v) is 9.05. The van der Waals surface area contributed by atoms with Crippen LogP contribution in [0.2, 0.25) is 0 Å². The number of aliphatic hydroxyl groups is 1. The summed E-state index contributed by atoms with van der Waals surface area (Å²) in [4.78, 5) is 0.157. The van der Waals surface area contributed by atoms with E-state index in [1.54, 1.807) is 0 Å². The monoisotopic (exact) mass is 334 g/mol. The number of halogens is 2. The zero-order chi connectivity index (χ0) is 13.8. The van der Waals surface area contributed by atoms with E-state index in [1.807, 2.05) is 0 Å². The van der Waals surface area contributed by atoms with Crippen LogP contribution in [0.15, 0.2) is 12.2 Å². The van der Waals surface area contributed by atoms with Gasteiger partial charge in [0, 0.05) is 4.83 Å². The molecule has 0 unspecified atom stereocenters. The molecule has 2 fully saturated rings. The average Bonchev–Trinajstić information content (AvgIpc) is 2.19. The molecule has 0 saturated heterocycles. The maximum absolute atomic E-state index is 10.00. The van der Waals surface area contributed by atoms with Gasteiger partial charge in [-0.1, -0.05) is 41.9 Å². The van der Waals surface area contributed by atoms with Crippen LogP contribution in [-0.4, -0.2) is 20.9 Å². The molecule has 2 aliphatic carbocycles. The lowest BCUT2D eigenvalue weighted by molar-refractivity contribution is -0.0271. The van der Waals surface area contributed by atoms with Crippen molar-refractivity contribution in [3.63, 3.8) is 0 Å². The molecule has 0 aliphatic heterocycles. The molecular weight excluding hydrogens is 312 g/mol. The lowest BCUT2D eigenvalue weighted by Crippen LogP contribution is -2.53. The molecule has 2 saturated carbocycles. The van der Waals surface area contributed by atoms with Crippen LogP contribution in [0.4, 0.5) is 0 Å². The molecule has 0 aromatic heterocycles. The second-order valence-electron chi connectivity index (χ2n) is 7.08. The van der Waals surface area contributed by atoms with Crippen LogP contribution in [0.5, 0.6) is 0 Å². The van der Waals surface area contributed by atoms with E-state index in [-0.39, 0.29) is 21.8 Å². The van der Waals surface area contributed by atoms with Crippen LogP contribution < -0.4 is 0 Å². The fourth-order valence-corrected chi connectivity index (χ4v) is 4.94. The van der Waals surface area contributed by atoms with Gasteiger partial charge >= 0.3 is 0 Å². The normalized spacial score (nSPS) is 48.4. The number of rotatable bonds is 0. The van der Waals surface area contributed by atoms with E-state index < -0.39 is 0 Å². The van der Waals surface area contributed by atoms with E-state index >= 15 is 0 Å². The molecule has 2 aliphatic rings. The lowest BCUT2D eigenvalue weighted by atomic mass is 9.49. The first kappa shape index (κ1) is 14.9. The fraction of sp³-hybridized carbons (Fsp3) is 0.867. The predicted molar refractivity (Wildman–Crippen MR) is 81.4 cm³/mol. The summed E-state index contributed by atoms with van der Waals surface area (Å²) in [6.07, 6.45) is 4.52. The molecular formula is C15H24BrClO. The molecule has 0 heterocycles. The van der Waals surface area contributed by atoms with Crippen molar-refractivity contribution < 1.29 is 5.11 Å². The topological polar surface area (TPSA) is 20.2 Å². The number of hydrogen-bond acceptors (Lipinski definition) is 1. The van der Waals surface area contributed by atoms with Gasteiger partial charge in [0.05, 0.1) is 11.0 Å². The van der Waals surface area contributed by atoms with Gasteiger partial charge in [0.15, 0.2) is 0 Å². The molecule has 1 N–H and O–H groups in total. The molecule has 0 aromatic carbocycles. The van der Waals surface area contributed by atoms with Crippen LogP contribution in [0.3, 0.4) is 0 Å². The first-order valence-electron chi connectivity index (χ1n) is 6.80. The summed E-state index contributed by atoms with van der Waals surface area (Å²) >= 11 is 10.3. The minimum absolute atomic E-state index is 0.0984. The number of alkyl halides is 2. The van der Waals surface area contributed by atoms with E-state index in [1.165, 1.54) is 5.57 Å². The van der Waals surface area contributed by atoms with Crippen molar-refractivity contribution in [3.05, 3.63) is 12.2 Å². The highest BCUT2D eigenvalue weighted by Gasteiger charge is 2.56. The van der Waals surface area contributed by atoms with E-state index in [2.05, 4.69) is 43.3 Å². The van der Waals surface area contributed by atoms with Crippen LogP contribution in [0.25, 0.3) is 0 Å². The van der Waals surface area contributed by atoms with Crippen LogP contribution in [-0.2, 0) is 0 Å². The largest absolute Gasteiger partial charge is 0.393 e. The molecule has 1 nitrogen and oxygen atoms in total. The molecule has 4 atom stereocenters. The highest BCUT2D eigenvalue weighted by molar-refractivity contribution is 9.09. The Hall–Kier alpha value is 0.470. The van der Waals surface area contributed by atoms with Gasteiger partial charge in [0.2, 0.25) is 0 Å². The predicted octanol–water partition coefficient (Wildman–Crippen LogP) is 4.65. The Kier molecular flexibility index (Phi) is 3.71. The van der Waals surface area contributed by atoms with Crippen molar-refractivity contribution in [1.82, 2.24) is 0 Å². The van der Waals surface area contributed by atoms with Crippen molar-refractivity contribution in [3.8, 4) is 0 Å². The molecule has 1 spiro atoms. The summed E-state index contributed by atoms with van der Waals surface area (Å²) < 4.78 is 0. The SMILES string of the molecule is C=C1C[C@@H](O)CC(C)(C)[C@]12CC[C@](C)(Cl)[C@@H](Br)C2. The van der Waals surface area contributed by atoms with Gasteiger partial charge in [0.1, 0.15) is 0 Å². The summed E-state index contributed by atoms with van der Waals surface area (Å²) in [6.45, 7) is 11.0. The van der Waals surface area contributed by atoms with Gasteiger partial charge in [-0.3, -0.25) is 0 Å². The molecule has 0 radical (unpaired) electrons. The van der Waals surface area contributed by atoms with E-state index in [4.69, 9.17) is 11.6 Å². The van der Waals surface area contributed by atoms with Crippen molar-refractivity contribution >= 4 is 27.5 Å². The Balaban J connectivity index is 2.33. The molecule has 0 amide bonds. The van der Waals surface area contributed by atoms with Gasteiger partial charge in [-0.25, -0.2) is 0 Å². The molecule has 0 bridgehead atoms. The van der Waals surface area contributed by atoms with Crippen LogP contribution in [0.1, 0.15) is 52.9 Å². The second kappa shape index (κ2) is 4.49. The molecule has 0 aromatic rings. The number of aliphatic hydroxyl groups excluding tert-OH is 1. The van der Waals surface area contributed by atoms with E-state index in [0.29, 0.717) is 4.83 Å². The van der Waals surface area contributed by atoms with Crippen molar-refractivity contribution in [2.24, 2.45) is 10.8 Å². The van der Waals surface area contributed by atoms with Crippen molar-refractivity contribution in [2.75, 3.05) is 0 Å². The first-order chi connectivity index (χ1) is 8.11. The van der Waals surface area contributed by atoms with Gasteiger partial charge in [-0.15, -0.1) is 11.6 Å². The zero-order valence-electron chi connectivity index (χ0n) is 11.6. The summed E-state index contributed by atoms with van der Waals surface area (Å²) in [7, 11) is 0. The highest BCUT2D eigenvalue weighted by Crippen LogP contribution is 2.62. The van der Waals surface area contributed by atoms with Gasteiger partial charge < -0.3 is 5.11 Å². The smallest absolute Gasteiger partial charge is 0.0582 e. The zero-order valence-corrected chi connectivity index (χ0v) is 13.9. The highest BCUT2D eigenvalue weighted by atomic mass is 79.9. The van der Waals surface area contributed by atoms with E-state index in [0.717, 1.165) is 32.1 Å². The van der Waals surface area contributed by atoms with Crippen molar-refractivity contribution in [1.29, 1.82) is 0 Å². The Bertz CT molecular complexity index is 364. The van der Waals surface area contributed by atoms with Crippen molar-refractivity contribution in [2.45, 2.75) is 68.7 Å². The Labute approximate surface area is 124 Å². The summed E-state index contributed by atoms with van der Waals surface area (Å²) in [6, 6.07) is 0. The van der Waals surface area contributed by atoms with Gasteiger partial charge in [-0.05, 0) is 49.9 Å². The Morgan fingerprint density at radius 2 is 1.89 bits per heavy atom. The summed E-state index contributed by atoms with van der Waals surface area (Å²) in [5.74, 6) is 0. The molecule has 2 rings (SSSR count). The maximum Gasteiger partial charge on any atom is 0.0582 e.